The van der Waals surface area contributed by atoms with E-state index in [0.29, 0.717) is 23.1 Å². The number of fused-ring (bicyclic) bond motifs is 1. The van der Waals surface area contributed by atoms with E-state index in [2.05, 4.69) is 12.2 Å². The second kappa shape index (κ2) is 6.01. The van der Waals surface area contributed by atoms with Gasteiger partial charge in [-0.2, -0.15) is 11.8 Å². The first-order valence-electron chi connectivity index (χ1n) is 7.32. The van der Waals surface area contributed by atoms with Gasteiger partial charge in [0.1, 0.15) is 5.00 Å². The van der Waals surface area contributed by atoms with Crippen LogP contribution in [-0.4, -0.2) is 24.2 Å². The van der Waals surface area contributed by atoms with Gasteiger partial charge in [0.2, 0.25) is 5.91 Å². The first-order valence-corrected chi connectivity index (χ1v) is 9.29. The zero-order valence-electron chi connectivity index (χ0n) is 12.2. The second-order valence-corrected chi connectivity index (χ2v) is 7.75. The van der Waals surface area contributed by atoms with Crippen molar-refractivity contribution in [2.75, 3.05) is 17.7 Å². The van der Waals surface area contributed by atoms with Crippen molar-refractivity contribution in [1.29, 1.82) is 0 Å². The van der Waals surface area contributed by atoms with Crippen molar-refractivity contribution in [3.05, 3.63) is 16.0 Å². The predicted molar refractivity (Wildman–Crippen MR) is 86.0 cm³/mol. The van der Waals surface area contributed by atoms with Crippen molar-refractivity contribution in [3.63, 3.8) is 0 Å². The summed E-state index contributed by atoms with van der Waals surface area (Å²) in [4.78, 5) is 25.6. The standard InChI is InChI=1S/C15H19NO3S2/c1-3-19-15(18)12-9-4-5-20-7-11(9)21-14(12)16-13(17)10-6-8(10)2/h8,10H,3-7H2,1-2H3,(H,16,17)/t8-,10-/m0/s1. The molecule has 1 fully saturated rings. The van der Waals surface area contributed by atoms with E-state index < -0.39 is 0 Å². The highest BCUT2D eigenvalue weighted by Gasteiger charge is 2.40. The lowest BCUT2D eigenvalue weighted by Gasteiger charge is -2.12. The van der Waals surface area contributed by atoms with Gasteiger partial charge in [-0.05, 0) is 37.0 Å². The molecule has 4 nitrogen and oxygen atoms in total. The van der Waals surface area contributed by atoms with Gasteiger partial charge in [-0.3, -0.25) is 4.79 Å². The lowest BCUT2D eigenvalue weighted by molar-refractivity contribution is -0.117. The molecule has 3 rings (SSSR count). The molecule has 0 bridgehead atoms. The summed E-state index contributed by atoms with van der Waals surface area (Å²) in [6, 6.07) is 0. The minimum Gasteiger partial charge on any atom is -0.462 e. The van der Waals surface area contributed by atoms with Gasteiger partial charge in [0.05, 0.1) is 12.2 Å². The maximum Gasteiger partial charge on any atom is 0.341 e. The molecular formula is C15H19NO3S2. The molecule has 0 spiro atoms. The fraction of sp³-hybridized carbons (Fsp3) is 0.600. The number of hydrogen-bond donors (Lipinski definition) is 1. The van der Waals surface area contributed by atoms with E-state index >= 15 is 0 Å². The topological polar surface area (TPSA) is 55.4 Å². The Bertz CT molecular complexity index is 582. The van der Waals surface area contributed by atoms with E-state index in [1.54, 1.807) is 6.92 Å². The molecule has 2 aliphatic rings. The maximum absolute atomic E-state index is 12.3. The maximum atomic E-state index is 12.3. The highest BCUT2D eigenvalue weighted by Crippen LogP contribution is 2.42. The Hall–Kier alpha value is -1.01. The number of hydrogen-bond acceptors (Lipinski definition) is 5. The quantitative estimate of drug-likeness (QED) is 0.863. The molecule has 1 N–H and O–H groups in total. The van der Waals surface area contributed by atoms with Crippen LogP contribution in [-0.2, 0) is 21.7 Å². The highest BCUT2D eigenvalue weighted by atomic mass is 32.2. The van der Waals surface area contributed by atoms with Crippen LogP contribution in [0.1, 0.15) is 41.1 Å². The summed E-state index contributed by atoms with van der Waals surface area (Å²) < 4.78 is 5.18. The van der Waals surface area contributed by atoms with Gasteiger partial charge in [0, 0.05) is 16.5 Å². The third kappa shape index (κ3) is 2.97. The molecule has 0 saturated heterocycles. The zero-order chi connectivity index (χ0) is 15.0. The Morgan fingerprint density at radius 3 is 2.86 bits per heavy atom. The lowest BCUT2D eigenvalue weighted by Crippen LogP contribution is -2.17. The van der Waals surface area contributed by atoms with Gasteiger partial charge < -0.3 is 10.1 Å². The van der Waals surface area contributed by atoms with Crippen molar-refractivity contribution < 1.29 is 14.3 Å². The monoisotopic (exact) mass is 325 g/mol. The summed E-state index contributed by atoms with van der Waals surface area (Å²) in [5.41, 5.74) is 1.68. The van der Waals surface area contributed by atoms with Crippen molar-refractivity contribution >= 4 is 40.0 Å². The van der Waals surface area contributed by atoms with Gasteiger partial charge in [-0.15, -0.1) is 11.3 Å². The molecule has 1 amide bonds. The van der Waals surface area contributed by atoms with E-state index in [9.17, 15) is 9.59 Å². The molecule has 6 heteroatoms. The summed E-state index contributed by atoms with van der Waals surface area (Å²) in [6.07, 6.45) is 1.82. The fourth-order valence-corrected chi connectivity index (χ4v) is 5.00. The van der Waals surface area contributed by atoms with Crippen LogP contribution in [0.5, 0.6) is 0 Å². The molecule has 2 heterocycles. The zero-order valence-corrected chi connectivity index (χ0v) is 13.9. The molecule has 1 aromatic heterocycles. The number of carbonyl (C=O) groups is 2. The largest absolute Gasteiger partial charge is 0.462 e. The van der Waals surface area contributed by atoms with Crippen molar-refractivity contribution in [3.8, 4) is 0 Å². The minimum atomic E-state index is -0.305. The average Bonchev–Trinajstić information content (AvgIpc) is 3.08. The Morgan fingerprint density at radius 2 is 2.19 bits per heavy atom. The third-order valence-electron chi connectivity index (χ3n) is 3.98. The predicted octanol–water partition coefficient (Wildman–Crippen LogP) is 3.31. The van der Waals surface area contributed by atoms with Gasteiger partial charge in [-0.1, -0.05) is 6.92 Å². The van der Waals surface area contributed by atoms with Crippen LogP contribution in [0.25, 0.3) is 0 Å². The van der Waals surface area contributed by atoms with Gasteiger partial charge >= 0.3 is 5.97 Å². The molecule has 0 radical (unpaired) electrons. The summed E-state index contributed by atoms with van der Waals surface area (Å²) >= 11 is 3.41. The third-order valence-corrected chi connectivity index (χ3v) is 6.30. The van der Waals surface area contributed by atoms with E-state index in [0.717, 1.165) is 29.9 Å². The van der Waals surface area contributed by atoms with Crippen LogP contribution in [0.3, 0.4) is 0 Å². The summed E-state index contributed by atoms with van der Waals surface area (Å²) in [5, 5.41) is 3.65. The second-order valence-electron chi connectivity index (χ2n) is 5.54. The fourth-order valence-electron chi connectivity index (χ4n) is 2.63. The van der Waals surface area contributed by atoms with Crippen molar-refractivity contribution in [2.24, 2.45) is 11.8 Å². The highest BCUT2D eigenvalue weighted by molar-refractivity contribution is 7.98. The number of nitrogens with one attached hydrogen (secondary N) is 1. The Balaban J connectivity index is 1.89. The average molecular weight is 325 g/mol. The number of amides is 1. The van der Waals surface area contributed by atoms with Crippen LogP contribution in [0.15, 0.2) is 0 Å². The number of rotatable bonds is 4. The van der Waals surface area contributed by atoms with Gasteiger partial charge in [0.15, 0.2) is 0 Å². The van der Waals surface area contributed by atoms with Gasteiger partial charge in [0.25, 0.3) is 0 Å². The van der Waals surface area contributed by atoms with Crippen LogP contribution < -0.4 is 5.32 Å². The number of esters is 1. The number of anilines is 1. The van der Waals surface area contributed by atoms with E-state index in [1.807, 2.05) is 11.8 Å². The number of carbonyl (C=O) groups excluding carboxylic acids is 2. The minimum absolute atomic E-state index is 0.0410. The smallest absolute Gasteiger partial charge is 0.341 e. The molecule has 1 aromatic rings. The van der Waals surface area contributed by atoms with Crippen LogP contribution in [0.4, 0.5) is 5.00 Å². The summed E-state index contributed by atoms with van der Waals surface area (Å²) in [5.74, 6) is 2.24. The number of ether oxygens (including phenoxy) is 1. The molecule has 1 aliphatic heterocycles. The lowest BCUT2D eigenvalue weighted by atomic mass is 10.1. The summed E-state index contributed by atoms with van der Waals surface area (Å²) in [6.45, 7) is 4.23. The summed E-state index contributed by atoms with van der Waals surface area (Å²) in [7, 11) is 0. The first kappa shape index (κ1) is 14.9. The Morgan fingerprint density at radius 1 is 1.43 bits per heavy atom. The van der Waals surface area contributed by atoms with E-state index in [1.165, 1.54) is 16.2 Å². The van der Waals surface area contributed by atoms with Crippen molar-refractivity contribution in [1.82, 2.24) is 0 Å². The van der Waals surface area contributed by atoms with Crippen LogP contribution in [0.2, 0.25) is 0 Å². The molecule has 1 saturated carbocycles. The number of thiophene rings is 1. The molecule has 0 aromatic carbocycles. The molecule has 21 heavy (non-hydrogen) atoms. The molecule has 1 aliphatic carbocycles. The van der Waals surface area contributed by atoms with Crippen molar-refractivity contribution in [2.45, 2.75) is 32.4 Å². The Kier molecular flexibility index (Phi) is 4.26. The van der Waals surface area contributed by atoms with Gasteiger partial charge in [-0.25, -0.2) is 4.79 Å². The normalized spacial score (nSPS) is 23.3. The molecule has 0 unspecified atom stereocenters. The van der Waals surface area contributed by atoms with Crippen LogP contribution in [0, 0.1) is 11.8 Å². The SMILES string of the molecule is CCOC(=O)c1c(NC(=O)[C@H]2C[C@@H]2C)sc2c1CCSC2. The molecular weight excluding hydrogens is 306 g/mol. The van der Waals surface area contributed by atoms with E-state index in [4.69, 9.17) is 4.74 Å². The van der Waals surface area contributed by atoms with Crippen LogP contribution >= 0.6 is 23.1 Å². The van der Waals surface area contributed by atoms with E-state index in [-0.39, 0.29) is 17.8 Å². The Labute approximate surface area is 132 Å². The number of thioether (sulfide) groups is 1. The molecule has 114 valence electrons. The molecule has 2 atom stereocenters. The first-order chi connectivity index (χ1) is 10.1.